The lowest BCUT2D eigenvalue weighted by Gasteiger charge is -2.22. The summed E-state index contributed by atoms with van der Waals surface area (Å²) in [5.74, 6) is -5.03. The van der Waals surface area contributed by atoms with Crippen LogP contribution in [-0.4, -0.2) is 64.6 Å². The zero-order valence-corrected chi connectivity index (χ0v) is 29.5. The number of carbonyl (C=O) groups excluding carboxylic acids is 6. The first kappa shape index (κ1) is 41.4. The second-order valence-corrected chi connectivity index (χ2v) is 12.7. The van der Waals surface area contributed by atoms with Crippen molar-refractivity contribution in [3.63, 3.8) is 0 Å². The molecule has 0 aliphatic rings. The molecule has 3 aromatic rings. The van der Waals surface area contributed by atoms with Crippen LogP contribution in [0.3, 0.4) is 0 Å². The molecule has 4 atom stereocenters. The molecule has 0 spiro atoms. The van der Waals surface area contributed by atoms with E-state index in [0.717, 1.165) is 5.56 Å². The quantitative estimate of drug-likeness (QED) is 0.0711. The third-order valence-corrected chi connectivity index (χ3v) is 8.40. The summed E-state index contributed by atoms with van der Waals surface area (Å²) in [4.78, 5) is 87.4. The molecule has 0 fully saturated rings. The molecule has 6 amide bonds. The first-order chi connectivity index (χ1) is 25.4. The van der Waals surface area contributed by atoms with Crippen LogP contribution >= 0.6 is 0 Å². The Kier molecular flexibility index (Phi) is 17.2. The minimum atomic E-state index is -1.33. The Morgan fingerprint density at radius 3 is 1.47 bits per heavy atom. The number of hydrogen-bond donors (Lipinski definition) is 7. The maximum Gasteiger partial charge on any atom is 0.326 e. The van der Waals surface area contributed by atoms with Gasteiger partial charge in [0.1, 0.15) is 24.2 Å². The molecular formula is C39H48N6O8. The van der Waals surface area contributed by atoms with Crippen LogP contribution < -0.4 is 32.7 Å². The molecule has 0 unspecified atom stereocenters. The Morgan fingerprint density at radius 1 is 0.528 bits per heavy atom. The average Bonchev–Trinajstić information content (AvgIpc) is 3.13. The van der Waals surface area contributed by atoms with Gasteiger partial charge in [-0.1, -0.05) is 110 Å². The summed E-state index contributed by atoms with van der Waals surface area (Å²) in [6, 6.07) is 21.9. The van der Waals surface area contributed by atoms with Gasteiger partial charge in [0.15, 0.2) is 0 Å². The minimum absolute atomic E-state index is 0.0102. The topological polar surface area (TPSA) is 240 Å². The van der Waals surface area contributed by atoms with Crippen molar-refractivity contribution in [3.8, 4) is 0 Å². The SMILES string of the molecule is NC(=O)C[C@H](NC(=O)CCCCCCCC(=O)N[C@H](C(=O)N[C@@H](Cc1ccccc1)C(N)=O)c1ccccc1)C(=O)N[C@@H](Cc1ccccc1)C(=O)O. The van der Waals surface area contributed by atoms with E-state index in [9.17, 15) is 38.7 Å². The van der Waals surface area contributed by atoms with E-state index in [0.29, 0.717) is 43.2 Å². The fourth-order valence-corrected chi connectivity index (χ4v) is 5.61. The first-order valence-corrected chi connectivity index (χ1v) is 17.6. The van der Waals surface area contributed by atoms with Gasteiger partial charge in [0.25, 0.3) is 0 Å². The first-order valence-electron chi connectivity index (χ1n) is 17.6. The van der Waals surface area contributed by atoms with E-state index in [-0.39, 0.29) is 31.6 Å². The van der Waals surface area contributed by atoms with Crippen LogP contribution in [0.5, 0.6) is 0 Å². The average molecular weight is 729 g/mol. The van der Waals surface area contributed by atoms with Gasteiger partial charge in [-0.2, -0.15) is 0 Å². The molecule has 0 aromatic heterocycles. The van der Waals surface area contributed by atoms with Gasteiger partial charge in [0.05, 0.1) is 6.42 Å². The van der Waals surface area contributed by atoms with Crippen molar-refractivity contribution in [3.05, 3.63) is 108 Å². The Bertz CT molecular complexity index is 1670. The number of rotatable bonds is 23. The molecule has 282 valence electrons. The smallest absolute Gasteiger partial charge is 0.326 e. The normalized spacial score (nSPS) is 13.0. The Hall–Kier alpha value is -6.05. The molecule has 3 rings (SSSR count). The van der Waals surface area contributed by atoms with E-state index < -0.39 is 66.1 Å². The zero-order valence-electron chi connectivity index (χ0n) is 29.5. The summed E-state index contributed by atoms with van der Waals surface area (Å²) >= 11 is 0. The van der Waals surface area contributed by atoms with Crippen LogP contribution in [0.15, 0.2) is 91.0 Å². The third kappa shape index (κ3) is 15.4. The Labute approximate surface area is 308 Å². The third-order valence-electron chi connectivity index (χ3n) is 8.40. The van der Waals surface area contributed by atoms with E-state index in [1.165, 1.54) is 0 Å². The maximum absolute atomic E-state index is 13.4. The second kappa shape index (κ2) is 22.0. The molecule has 0 saturated carbocycles. The van der Waals surface area contributed by atoms with E-state index in [1.54, 1.807) is 60.7 Å². The Morgan fingerprint density at radius 2 is 0.981 bits per heavy atom. The van der Waals surface area contributed by atoms with Crippen molar-refractivity contribution in [2.24, 2.45) is 11.5 Å². The molecule has 0 aliphatic heterocycles. The fraction of sp³-hybridized carbons (Fsp3) is 0.359. The van der Waals surface area contributed by atoms with Gasteiger partial charge in [-0.25, -0.2) is 4.79 Å². The highest BCUT2D eigenvalue weighted by molar-refractivity contribution is 5.94. The van der Waals surface area contributed by atoms with Gasteiger partial charge in [0, 0.05) is 25.7 Å². The summed E-state index contributed by atoms with van der Waals surface area (Å²) in [7, 11) is 0. The van der Waals surface area contributed by atoms with E-state index in [4.69, 9.17) is 11.5 Å². The summed E-state index contributed by atoms with van der Waals surface area (Å²) in [5.41, 5.74) is 12.9. The molecule has 3 aromatic carbocycles. The lowest BCUT2D eigenvalue weighted by Crippen LogP contribution is -2.53. The van der Waals surface area contributed by atoms with Gasteiger partial charge >= 0.3 is 5.97 Å². The van der Waals surface area contributed by atoms with Gasteiger partial charge in [-0.15, -0.1) is 0 Å². The summed E-state index contributed by atoms with van der Waals surface area (Å²) in [6.07, 6.45) is 2.92. The second-order valence-electron chi connectivity index (χ2n) is 12.7. The zero-order chi connectivity index (χ0) is 38.6. The number of hydrogen-bond acceptors (Lipinski definition) is 7. The van der Waals surface area contributed by atoms with Crippen LogP contribution in [0, 0.1) is 0 Å². The molecule has 53 heavy (non-hydrogen) atoms. The van der Waals surface area contributed by atoms with Crippen molar-refractivity contribution < 1.29 is 38.7 Å². The fourth-order valence-electron chi connectivity index (χ4n) is 5.61. The van der Waals surface area contributed by atoms with Gasteiger partial charge < -0.3 is 37.8 Å². The number of primary amides is 2. The standard InChI is InChI=1S/C39H48N6O8/c40-32(46)25-30(37(50)44-31(39(52)53)24-27-17-9-5-10-18-27)42-33(47)21-13-2-1-3-14-22-34(48)45-35(28-19-11-6-12-20-28)38(51)43-29(36(41)49)23-26-15-7-4-8-16-26/h4-12,15-20,29-31,35H,1-3,13-14,21-25H2,(H2,40,46)(H2,41,49)(H,42,47)(H,43,51)(H,44,50)(H,45,48)(H,52,53)/t29-,30-,31-,35-/m0/s1. The maximum atomic E-state index is 13.4. The van der Waals surface area contributed by atoms with E-state index in [2.05, 4.69) is 21.3 Å². The van der Waals surface area contributed by atoms with Crippen molar-refractivity contribution in [1.82, 2.24) is 21.3 Å². The number of amides is 6. The molecule has 0 bridgehead atoms. The predicted molar refractivity (Wildman–Crippen MR) is 196 cm³/mol. The van der Waals surface area contributed by atoms with Crippen LogP contribution in [0.1, 0.15) is 74.1 Å². The molecule has 14 nitrogen and oxygen atoms in total. The number of nitrogens with two attached hydrogens (primary N) is 2. The van der Waals surface area contributed by atoms with Gasteiger partial charge in [-0.3, -0.25) is 28.8 Å². The number of carboxylic acid groups (broad SMARTS) is 1. The summed E-state index contributed by atoms with van der Waals surface area (Å²) in [6.45, 7) is 0. The number of aliphatic carboxylic acids is 1. The van der Waals surface area contributed by atoms with Crippen LogP contribution in [-0.2, 0) is 46.4 Å². The molecule has 0 radical (unpaired) electrons. The predicted octanol–water partition coefficient (Wildman–Crippen LogP) is 1.96. The molecule has 14 heteroatoms. The highest BCUT2D eigenvalue weighted by Gasteiger charge is 2.29. The van der Waals surface area contributed by atoms with Crippen LogP contribution in [0.4, 0.5) is 0 Å². The van der Waals surface area contributed by atoms with Crippen molar-refractivity contribution >= 4 is 41.4 Å². The highest BCUT2D eigenvalue weighted by atomic mass is 16.4. The number of benzene rings is 3. The van der Waals surface area contributed by atoms with E-state index >= 15 is 0 Å². The molecule has 0 heterocycles. The number of carboxylic acids is 1. The number of nitrogens with one attached hydrogen (secondary N) is 4. The van der Waals surface area contributed by atoms with E-state index in [1.807, 2.05) is 30.3 Å². The molecule has 0 aliphatic carbocycles. The minimum Gasteiger partial charge on any atom is -0.480 e. The van der Waals surface area contributed by atoms with Crippen LogP contribution in [0.2, 0.25) is 0 Å². The lowest BCUT2D eigenvalue weighted by atomic mass is 10.0. The molecular weight excluding hydrogens is 680 g/mol. The largest absolute Gasteiger partial charge is 0.480 e. The summed E-state index contributed by atoms with van der Waals surface area (Å²) < 4.78 is 0. The molecule has 9 N–H and O–H groups in total. The van der Waals surface area contributed by atoms with Gasteiger partial charge in [-0.05, 0) is 29.5 Å². The monoisotopic (exact) mass is 728 g/mol. The molecule has 0 saturated heterocycles. The Balaban J connectivity index is 1.42. The van der Waals surface area contributed by atoms with Gasteiger partial charge in [0.2, 0.25) is 35.4 Å². The van der Waals surface area contributed by atoms with Crippen molar-refractivity contribution in [2.75, 3.05) is 0 Å². The van der Waals surface area contributed by atoms with Crippen molar-refractivity contribution in [2.45, 2.75) is 88.4 Å². The lowest BCUT2D eigenvalue weighted by molar-refractivity contribution is -0.142. The number of carbonyl (C=O) groups is 7. The highest BCUT2D eigenvalue weighted by Crippen LogP contribution is 2.16. The number of unbranched alkanes of at least 4 members (excludes halogenated alkanes) is 4. The van der Waals surface area contributed by atoms with Crippen molar-refractivity contribution in [1.29, 1.82) is 0 Å². The summed E-state index contributed by atoms with van der Waals surface area (Å²) in [5, 5.41) is 20.0. The van der Waals surface area contributed by atoms with Crippen LogP contribution in [0.25, 0.3) is 0 Å².